The molecule has 8 heteroatoms. The van der Waals surface area contributed by atoms with E-state index in [-0.39, 0.29) is 11.9 Å². The molecule has 1 atom stereocenters. The Kier molecular flexibility index (Phi) is 4.99. The summed E-state index contributed by atoms with van der Waals surface area (Å²) in [4.78, 5) is 36.7. The Hall–Kier alpha value is -2.58. The zero-order chi connectivity index (χ0) is 19.8. The molecule has 28 heavy (non-hydrogen) atoms. The van der Waals surface area contributed by atoms with E-state index in [1.807, 2.05) is 29.6 Å². The molecule has 3 heterocycles. The van der Waals surface area contributed by atoms with Gasteiger partial charge in [0.05, 0.1) is 19.0 Å². The van der Waals surface area contributed by atoms with Crippen molar-refractivity contribution in [2.75, 3.05) is 14.1 Å². The topological polar surface area (TPSA) is 65.1 Å². The highest BCUT2D eigenvalue weighted by molar-refractivity contribution is 8.13. The Labute approximate surface area is 171 Å². The summed E-state index contributed by atoms with van der Waals surface area (Å²) in [5, 5.41) is 2.63. The van der Waals surface area contributed by atoms with Crippen molar-refractivity contribution < 1.29 is 14.2 Å². The number of aliphatic imine (C=N–C) groups is 2. The maximum absolute atomic E-state index is 12.9. The number of hydrogen-bond acceptors (Lipinski definition) is 6. The third-order valence-corrected chi connectivity index (χ3v) is 6.76. The molecule has 0 aliphatic carbocycles. The molecule has 6 nitrogen and oxygen atoms in total. The standard InChI is InChI=1S/C20H19N4O2S2/c1-12-7-4-5-8-13(12)11-28-18-15-17(23(2)20(26)24(3)19(15)25)21-16(22-18)14-9-6-10-27-14/h4-10,15H,11H2,1-3H3/q+1. The highest BCUT2D eigenvalue weighted by atomic mass is 32.2. The van der Waals surface area contributed by atoms with Gasteiger partial charge in [-0.2, -0.15) is 9.48 Å². The molecule has 2 aliphatic heterocycles. The second-order valence-corrected chi connectivity index (χ2v) is 8.55. The molecule has 142 valence electrons. The summed E-state index contributed by atoms with van der Waals surface area (Å²) in [6.45, 7) is 2.07. The number of rotatable bonds is 3. The van der Waals surface area contributed by atoms with Gasteiger partial charge >= 0.3 is 11.9 Å². The summed E-state index contributed by atoms with van der Waals surface area (Å²) >= 11 is 3.06. The van der Waals surface area contributed by atoms with Gasteiger partial charge in [0.1, 0.15) is 5.04 Å². The fourth-order valence-corrected chi connectivity index (χ4v) is 4.94. The lowest BCUT2D eigenvalue weighted by molar-refractivity contribution is -0.407. The van der Waals surface area contributed by atoms with E-state index in [1.54, 1.807) is 7.05 Å². The summed E-state index contributed by atoms with van der Waals surface area (Å²) in [6, 6.07) is 11.7. The number of hydrogen-bond donors (Lipinski definition) is 0. The van der Waals surface area contributed by atoms with Crippen LogP contribution in [0.4, 0.5) is 4.79 Å². The number of carbonyl (C=O) groups excluding carboxylic acids is 2. The smallest absolute Gasteiger partial charge is 0.255 e. The largest absolute Gasteiger partial charge is 0.445 e. The van der Waals surface area contributed by atoms with Crippen LogP contribution in [-0.4, -0.2) is 52.2 Å². The third-order valence-electron chi connectivity index (χ3n) is 4.82. The van der Waals surface area contributed by atoms with Gasteiger partial charge < -0.3 is 0 Å². The molecule has 1 aromatic heterocycles. The zero-order valence-electron chi connectivity index (χ0n) is 15.7. The van der Waals surface area contributed by atoms with Gasteiger partial charge in [-0.25, -0.2) is 9.79 Å². The van der Waals surface area contributed by atoms with Crippen molar-refractivity contribution in [3.63, 3.8) is 0 Å². The van der Waals surface area contributed by atoms with Crippen molar-refractivity contribution in [3.05, 3.63) is 57.8 Å². The van der Waals surface area contributed by atoms with Crippen LogP contribution >= 0.6 is 23.1 Å². The number of nitrogens with zero attached hydrogens (tertiary/aromatic N) is 4. The number of amidine groups is 2. The third kappa shape index (κ3) is 3.22. The van der Waals surface area contributed by atoms with Gasteiger partial charge in [-0.1, -0.05) is 35.3 Å². The molecule has 2 aromatic rings. The molecule has 1 aromatic carbocycles. The van der Waals surface area contributed by atoms with Crippen molar-refractivity contribution >= 4 is 51.8 Å². The van der Waals surface area contributed by atoms with Gasteiger partial charge in [-0.05, 0) is 29.5 Å². The van der Waals surface area contributed by atoms with Crippen LogP contribution < -0.4 is 0 Å². The minimum absolute atomic E-state index is 0.289. The van der Waals surface area contributed by atoms with Gasteiger partial charge in [0.15, 0.2) is 5.92 Å². The monoisotopic (exact) mass is 411 g/mol. The minimum atomic E-state index is -0.648. The summed E-state index contributed by atoms with van der Waals surface area (Å²) in [5.74, 6) is 0.750. The number of amides is 3. The Bertz CT molecular complexity index is 1050. The molecule has 0 saturated carbocycles. The van der Waals surface area contributed by atoms with Crippen LogP contribution in [0, 0.1) is 12.8 Å². The van der Waals surface area contributed by atoms with Gasteiger partial charge in [0.25, 0.3) is 5.84 Å². The van der Waals surface area contributed by atoms with Crippen LogP contribution in [0.1, 0.15) is 16.0 Å². The Morgan fingerprint density at radius 1 is 1.18 bits per heavy atom. The van der Waals surface area contributed by atoms with Crippen LogP contribution in [0.25, 0.3) is 0 Å². The highest BCUT2D eigenvalue weighted by Gasteiger charge is 2.49. The van der Waals surface area contributed by atoms with Gasteiger partial charge in [-0.3, -0.25) is 4.79 Å². The fraction of sp³-hybridized carbons (Fsp3) is 0.250. The SMILES string of the molecule is Cc1ccccc1CSC1=NC(c2cccs2)=NC2=[N+](C)C(=O)N(C)C(=O)C12. The molecule has 4 rings (SSSR count). The second-order valence-electron chi connectivity index (χ2n) is 6.61. The van der Waals surface area contributed by atoms with Crippen LogP contribution in [0.15, 0.2) is 51.8 Å². The Morgan fingerprint density at radius 2 is 1.96 bits per heavy atom. The Morgan fingerprint density at radius 3 is 2.68 bits per heavy atom. The lowest BCUT2D eigenvalue weighted by atomic mass is 10.0. The predicted octanol–water partition coefficient (Wildman–Crippen LogP) is 3.40. The lowest BCUT2D eigenvalue weighted by Crippen LogP contribution is -2.54. The first-order valence-corrected chi connectivity index (χ1v) is 10.6. The number of benzene rings is 1. The maximum Gasteiger partial charge on any atom is 0.445 e. The van der Waals surface area contributed by atoms with Crippen molar-refractivity contribution in [1.82, 2.24) is 4.90 Å². The first-order chi connectivity index (χ1) is 13.5. The summed E-state index contributed by atoms with van der Waals surface area (Å²) < 4.78 is 1.45. The maximum atomic E-state index is 12.9. The highest BCUT2D eigenvalue weighted by Crippen LogP contribution is 2.29. The van der Waals surface area contributed by atoms with E-state index in [0.29, 0.717) is 22.5 Å². The number of fused-ring (bicyclic) bond motifs is 1. The molecule has 0 saturated heterocycles. The molecular weight excluding hydrogens is 392 g/mol. The van der Waals surface area contributed by atoms with E-state index in [4.69, 9.17) is 4.99 Å². The number of thiophene rings is 1. The molecule has 0 radical (unpaired) electrons. The molecule has 1 unspecified atom stereocenters. The molecule has 0 N–H and O–H groups in total. The normalized spacial score (nSPS) is 19.5. The molecule has 2 aliphatic rings. The fourth-order valence-electron chi connectivity index (χ4n) is 3.13. The van der Waals surface area contributed by atoms with E-state index in [2.05, 4.69) is 24.0 Å². The van der Waals surface area contributed by atoms with E-state index in [0.717, 1.165) is 9.78 Å². The van der Waals surface area contributed by atoms with E-state index in [1.165, 1.54) is 45.8 Å². The average Bonchev–Trinajstić information content (AvgIpc) is 3.24. The number of thioether (sulfide) groups is 1. The summed E-state index contributed by atoms with van der Waals surface area (Å²) in [5.41, 5.74) is 2.39. The number of urea groups is 1. The lowest BCUT2D eigenvalue weighted by Gasteiger charge is -2.26. The van der Waals surface area contributed by atoms with E-state index >= 15 is 0 Å². The zero-order valence-corrected chi connectivity index (χ0v) is 17.4. The summed E-state index contributed by atoms with van der Waals surface area (Å²) in [7, 11) is 3.15. The van der Waals surface area contributed by atoms with Crippen LogP contribution in [0.3, 0.4) is 0 Å². The van der Waals surface area contributed by atoms with Crippen LogP contribution in [0.5, 0.6) is 0 Å². The molecular formula is C20H19N4O2S2+. The predicted molar refractivity (Wildman–Crippen MR) is 114 cm³/mol. The van der Waals surface area contributed by atoms with Gasteiger partial charge in [0.2, 0.25) is 5.84 Å². The minimum Gasteiger partial charge on any atom is -0.255 e. The number of carbonyl (C=O) groups is 2. The van der Waals surface area contributed by atoms with E-state index in [9.17, 15) is 9.59 Å². The summed E-state index contributed by atoms with van der Waals surface area (Å²) in [6.07, 6.45) is 0. The average molecular weight is 412 g/mol. The Balaban J connectivity index is 1.76. The second kappa shape index (κ2) is 7.44. The van der Waals surface area contributed by atoms with Crippen molar-refractivity contribution in [2.45, 2.75) is 12.7 Å². The first-order valence-electron chi connectivity index (χ1n) is 8.78. The quantitative estimate of drug-likeness (QED) is 0.727. The van der Waals surface area contributed by atoms with E-state index < -0.39 is 5.92 Å². The van der Waals surface area contributed by atoms with Gasteiger partial charge in [0, 0.05) is 5.75 Å². The van der Waals surface area contributed by atoms with Gasteiger partial charge in [-0.15, -0.1) is 23.1 Å². The number of imide groups is 1. The van der Waals surface area contributed by atoms with Crippen LogP contribution in [-0.2, 0) is 10.5 Å². The molecule has 0 bridgehead atoms. The number of aryl methyl sites for hydroxylation is 1. The van der Waals surface area contributed by atoms with Crippen molar-refractivity contribution in [2.24, 2.45) is 15.9 Å². The first kappa shape index (κ1) is 18.8. The van der Waals surface area contributed by atoms with Crippen LogP contribution in [0.2, 0.25) is 0 Å². The van der Waals surface area contributed by atoms with Crippen molar-refractivity contribution in [1.29, 1.82) is 0 Å². The molecule has 0 spiro atoms. The van der Waals surface area contributed by atoms with Crippen molar-refractivity contribution in [3.8, 4) is 0 Å². The molecule has 3 amide bonds. The molecule has 0 fully saturated rings.